The minimum atomic E-state index is -1.70. The predicted octanol–water partition coefficient (Wildman–Crippen LogP) is 3.61. The molecule has 0 unspecified atom stereocenters. The van der Waals surface area contributed by atoms with Crippen molar-refractivity contribution in [2.45, 2.75) is 45.5 Å². The minimum Gasteiger partial charge on any atom is -0.481 e. The summed E-state index contributed by atoms with van der Waals surface area (Å²) in [5.41, 5.74) is 0.925. The Bertz CT molecular complexity index is 372. The van der Waals surface area contributed by atoms with Gasteiger partial charge in [-0.25, -0.2) is 4.98 Å². The molecule has 0 aliphatic heterocycles. The van der Waals surface area contributed by atoms with Crippen molar-refractivity contribution in [1.29, 1.82) is 0 Å². The van der Waals surface area contributed by atoms with Crippen LogP contribution in [0.4, 0.5) is 0 Å². The number of pyridine rings is 1. The van der Waals surface area contributed by atoms with Crippen molar-refractivity contribution in [3.8, 4) is 5.88 Å². The number of ether oxygens (including phenoxy) is 1. The first-order chi connectivity index (χ1) is 7.76. The molecule has 1 aromatic heterocycles. The van der Waals surface area contributed by atoms with Gasteiger partial charge >= 0.3 is 0 Å². The molecule has 1 aromatic rings. The summed E-state index contributed by atoms with van der Waals surface area (Å²) in [6.45, 7) is 11.8. The van der Waals surface area contributed by atoms with E-state index in [2.05, 4.69) is 38.8 Å². The van der Waals surface area contributed by atoms with Gasteiger partial charge in [0.25, 0.3) is 0 Å². The van der Waals surface area contributed by atoms with E-state index in [1.165, 1.54) is 0 Å². The molecule has 96 valence electrons. The van der Waals surface area contributed by atoms with E-state index in [0.29, 0.717) is 12.5 Å². The third-order valence-corrected chi connectivity index (χ3v) is 7.86. The minimum absolute atomic E-state index is 0.228. The van der Waals surface area contributed by atoms with Gasteiger partial charge in [-0.2, -0.15) is 0 Å². The number of methoxy groups -OCH3 is 1. The van der Waals surface area contributed by atoms with Crippen molar-refractivity contribution in [1.82, 2.24) is 4.98 Å². The molecular formula is C13H23NO2Si. The van der Waals surface area contributed by atoms with Crippen LogP contribution >= 0.6 is 0 Å². The van der Waals surface area contributed by atoms with Gasteiger partial charge in [-0.1, -0.05) is 26.8 Å². The lowest BCUT2D eigenvalue weighted by molar-refractivity contribution is 0.270. The van der Waals surface area contributed by atoms with Crippen LogP contribution in [0.25, 0.3) is 0 Å². The standard InChI is InChI=1S/C13H23NO2Si/c1-13(2,3)17(5,6)16-10-11-8-7-9-12(14-11)15-4/h7-9H,10H2,1-6H3. The number of aromatic nitrogens is 1. The Morgan fingerprint density at radius 3 is 2.41 bits per heavy atom. The van der Waals surface area contributed by atoms with Crippen LogP contribution in [0.1, 0.15) is 26.5 Å². The van der Waals surface area contributed by atoms with Gasteiger partial charge < -0.3 is 9.16 Å². The van der Waals surface area contributed by atoms with E-state index < -0.39 is 8.32 Å². The normalized spacial score (nSPS) is 12.6. The van der Waals surface area contributed by atoms with E-state index in [9.17, 15) is 0 Å². The smallest absolute Gasteiger partial charge is 0.213 e. The summed E-state index contributed by atoms with van der Waals surface area (Å²) in [5, 5.41) is 0.228. The van der Waals surface area contributed by atoms with Gasteiger partial charge in [0, 0.05) is 6.07 Å². The quantitative estimate of drug-likeness (QED) is 0.768. The zero-order valence-corrected chi connectivity index (χ0v) is 12.7. The summed E-state index contributed by atoms with van der Waals surface area (Å²) in [7, 11) is -0.0703. The van der Waals surface area contributed by atoms with E-state index in [4.69, 9.17) is 9.16 Å². The van der Waals surface area contributed by atoms with Crippen molar-refractivity contribution >= 4 is 8.32 Å². The molecule has 4 heteroatoms. The second-order valence-corrected chi connectivity index (χ2v) is 10.5. The number of hydrogen-bond donors (Lipinski definition) is 0. The molecule has 0 bridgehead atoms. The molecule has 0 saturated heterocycles. The van der Waals surface area contributed by atoms with Crippen LogP contribution in [0.2, 0.25) is 18.1 Å². The zero-order valence-electron chi connectivity index (χ0n) is 11.7. The van der Waals surface area contributed by atoms with Crippen LogP contribution in [-0.2, 0) is 11.0 Å². The lowest BCUT2D eigenvalue weighted by atomic mass is 10.2. The van der Waals surface area contributed by atoms with Gasteiger partial charge in [0.1, 0.15) is 0 Å². The van der Waals surface area contributed by atoms with E-state index in [1.54, 1.807) is 7.11 Å². The first-order valence-electron chi connectivity index (χ1n) is 5.90. The highest BCUT2D eigenvalue weighted by Gasteiger charge is 2.37. The van der Waals surface area contributed by atoms with E-state index >= 15 is 0 Å². The average Bonchev–Trinajstić information content (AvgIpc) is 2.25. The Balaban J connectivity index is 2.67. The number of rotatable bonds is 4. The molecule has 0 fully saturated rings. The maximum Gasteiger partial charge on any atom is 0.213 e. The second-order valence-electron chi connectivity index (χ2n) is 5.72. The van der Waals surface area contributed by atoms with Crippen LogP contribution < -0.4 is 4.74 Å². The molecule has 0 saturated carbocycles. The summed E-state index contributed by atoms with van der Waals surface area (Å²) in [5.74, 6) is 0.640. The average molecular weight is 253 g/mol. The molecule has 1 heterocycles. The summed E-state index contributed by atoms with van der Waals surface area (Å²) in [4.78, 5) is 4.35. The maximum atomic E-state index is 6.10. The molecule has 1 rings (SSSR count). The Morgan fingerprint density at radius 2 is 1.88 bits per heavy atom. The Morgan fingerprint density at radius 1 is 1.24 bits per heavy atom. The van der Waals surface area contributed by atoms with Crippen molar-refractivity contribution in [2.24, 2.45) is 0 Å². The SMILES string of the molecule is COc1cccc(CO[Si](C)(C)C(C)(C)C)n1. The van der Waals surface area contributed by atoms with Crippen LogP contribution in [-0.4, -0.2) is 20.4 Å². The van der Waals surface area contributed by atoms with Crippen LogP contribution in [0, 0.1) is 0 Å². The summed E-state index contributed by atoms with van der Waals surface area (Å²) >= 11 is 0. The van der Waals surface area contributed by atoms with Gasteiger partial charge in [0.15, 0.2) is 8.32 Å². The summed E-state index contributed by atoms with van der Waals surface area (Å²) in [6, 6.07) is 5.75. The number of hydrogen-bond acceptors (Lipinski definition) is 3. The van der Waals surface area contributed by atoms with Gasteiger partial charge in [-0.05, 0) is 24.2 Å². The van der Waals surface area contributed by atoms with Gasteiger partial charge in [0.05, 0.1) is 19.4 Å². The van der Waals surface area contributed by atoms with E-state index in [-0.39, 0.29) is 5.04 Å². The third kappa shape index (κ3) is 3.82. The fourth-order valence-corrected chi connectivity index (χ4v) is 2.06. The Kier molecular flexibility index (Phi) is 4.33. The van der Waals surface area contributed by atoms with Crippen molar-refractivity contribution in [3.63, 3.8) is 0 Å². The molecule has 0 amide bonds. The molecule has 17 heavy (non-hydrogen) atoms. The molecule has 0 N–H and O–H groups in total. The highest BCUT2D eigenvalue weighted by Crippen LogP contribution is 2.36. The van der Waals surface area contributed by atoms with Crippen molar-refractivity contribution < 1.29 is 9.16 Å². The largest absolute Gasteiger partial charge is 0.481 e. The third-order valence-electron chi connectivity index (χ3n) is 3.38. The van der Waals surface area contributed by atoms with Crippen LogP contribution in [0.5, 0.6) is 5.88 Å². The maximum absolute atomic E-state index is 6.10. The van der Waals surface area contributed by atoms with Crippen LogP contribution in [0.3, 0.4) is 0 Å². The zero-order chi connectivity index (χ0) is 13.1. The van der Waals surface area contributed by atoms with Crippen LogP contribution in [0.15, 0.2) is 18.2 Å². The Labute approximate surface area is 105 Å². The van der Waals surface area contributed by atoms with E-state index in [1.807, 2.05) is 18.2 Å². The molecular weight excluding hydrogens is 230 g/mol. The summed E-state index contributed by atoms with van der Waals surface area (Å²) < 4.78 is 11.2. The van der Waals surface area contributed by atoms with Gasteiger partial charge in [-0.3, -0.25) is 0 Å². The van der Waals surface area contributed by atoms with Crippen molar-refractivity contribution in [3.05, 3.63) is 23.9 Å². The molecule has 0 aliphatic carbocycles. The fourth-order valence-electron chi connectivity index (χ4n) is 1.12. The Hall–Kier alpha value is -0.873. The fraction of sp³-hybridized carbons (Fsp3) is 0.615. The molecule has 0 atom stereocenters. The van der Waals surface area contributed by atoms with E-state index in [0.717, 1.165) is 5.69 Å². The highest BCUT2D eigenvalue weighted by molar-refractivity contribution is 6.74. The summed E-state index contributed by atoms with van der Waals surface area (Å²) in [6.07, 6.45) is 0. The first kappa shape index (κ1) is 14.2. The van der Waals surface area contributed by atoms with Gasteiger partial charge in [0.2, 0.25) is 5.88 Å². The molecule has 0 aromatic carbocycles. The lowest BCUT2D eigenvalue weighted by Crippen LogP contribution is -2.40. The monoisotopic (exact) mass is 253 g/mol. The molecule has 3 nitrogen and oxygen atoms in total. The first-order valence-corrected chi connectivity index (χ1v) is 8.81. The molecule has 0 spiro atoms. The lowest BCUT2D eigenvalue weighted by Gasteiger charge is -2.36. The van der Waals surface area contributed by atoms with Crippen molar-refractivity contribution in [2.75, 3.05) is 7.11 Å². The number of nitrogens with zero attached hydrogens (tertiary/aromatic N) is 1. The molecule has 0 aliphatic rings. The highest BCUT2D eigenvalue weighted by atomic mass is 28.4. The predicted molar refractivity (Wildman–Crippen MR) is 72.8 cm³/mol. The topological polar surface area (TPSA) is 31.4 Å². The second kappa shape index (κ2) is 5.19. The molecule has 0 radical (unpaired) electrons. The van der Waals surface area contributed by atoms with Gasteiger partial charge in [-0.15, -0.1) is 0 Å².